The highest BCUT2D eigenvalue weighted by Crippen LogP contribution is 2.25. The number of hydrogen-bond acceptors (Lipinski definition) is 7. The van der Waals surface area contributed by atoms with E-state index in [0.717, 1.165) is 28.1 Å². The first-order valence-corrected chi connectivity index (χ1v) is 11.4. The molecule has 170 valence electrons. The number of thioether (sulfide) groups is 1. The number of ether oxygens (including phenoxy) is 1. The van der Waals surface area contributed by atoms with E-state index < -0.39 is 0 Å². The normalized spacial score (nSPS) is 10.9. The second kappa shape index (κ2) is 9.86. The number of anilines is 1. The Hall–Kier alpha value is -3.66. The van der Waals surface area contributed by atoms with E-state index in [9.17, 15) is 4.79 Å². The molecule has 4 aromatic rings. The minimum Gasteiger partial charge on any atom is -0.497 e. The molecule has 0 radical (unpaired) electrons. The van der Waals surface area contributed by atoms with E-state index in [2.05, 4.69) is 45.0 Å². The van der Waals surface area contributed by atoms with Crippen molar-refractivity contribution in [3.63, 3.8) is 0 Å². The monoisotopic (exact) mass is 463 g/mol. The van der Waals surface area contributed by atoms with Crippen LogP contribution in [0.1, 0.15) is 22.3 Å². The van der Waals surface area contributed by atoms with Gasteiger partial charge in [0.05, 0.1) is 31.3 Å². The summed E-state index contributed by atoms with van der Waals surface area (Å²) in [6.07, 6.45) is 1.66. The minimum absolute atomic E-state index is 0.164. The molecule has 0 spiro atoms. The van der Waals surface area contributed by atoms with Crippen LogP contribution in [0.15, 0.2) is 53.8 Å². The average molecular weight is 464 g/mol. The van der Waals surface area contributed by atoms with Gasteiger partial charge in [0.2, 0.25) is 11.1 Å². The van der Waals surface area contributed by atoms with Crippen LogP contribution >= 0.6 is 11.8 Å². The van der Waals surface area contributed by atoms with Gasteiger partial charge in [0, 0.05) is 6.07 Å². The van der Waals surface area contributed by atoms with Gasteiger partial charge in [0.15, 0.2) is 0 Å². The molecular formula is C23H25N7O2S. The summed E-state index contributed by atoms with van der Waals surface area (Å²) in [6.45, 7) is 6.65. The van der Waals surface area contributed by atoms with Crippen LogP contribution in [0, 0.1) is 20.8 Å². The zero-order valence-corrected chi connectivity index (χ0v) is 19.8. The smallest absolute Gasteiger partial charge is 0.235 e. The van der Waals surface area contributed by atoms with E-state index in [-0.39, 0.29) is 11.7 Å². The van der Waals surface area contributed by atoms with Crippen molar-refractivity contribution in [2.24, 2.45) is 0 Å². The lowest BCUT2D eigenvalue weighted by Crippen LogP contribution is -2.18. The van der Waals surface area contributed by atoms with Crippen molar-refractivity contribution in [2.75, 3.05) is 18.2 Å². The summed E-state index contributed by atoms with van der Waals surface area (Å²) in [6, 6.07) is 13.7. The maximum absolute atomic E-state index is 12.7. The first-order chi connectivity index (χ1) is 15.9. The fourth-order valence-electron chi connectivity index (χ4n) is 3.69. The lowest BCUT2D eigenvalue weighted by atomic mass is 10.1. The molecule has 10 heteroatoms. The molecule has 0 aliphatic heterocycles. The lowest BCUT2D eigenvalue weighted by molar-refractivity contribution is -0.113. The molecule has 0 fully saturated rings. The Labute approximate surface area is 196 Å². The maximum Gasteiger partial charge on any atom is 0.235 e. The van der Waals surface area contributed by atoms with Crippen LogP contribution < -0.4 is 10.1 Å². The van der Waals surface area contributed by atoms with E-state index in [0.29, 0.717) is 17.5 Å². The fourth-order valence-corrected chi connectivity index (χ4v) is 4.37. The van der Waals surface area contributed by atoms with Gasteiger partial charge in [-0.1, -0.05) is 41.6 Å². The molecule has 0 saturated heterocycles. The third-order valence-electron chi connectivity index (χ3n) is 5.10. The molecule has 1 N–H and O–H groups in total. The molecule has 0 saturated carbocycles. The van der Waals surface area contributed by atoms with Gasteiger partial charge in [-0.25, -0.2) is 4.68 Å². The van der Waals surface area contributed by atoms with Crippen molar-refractivity contribution >= 4 is 23.5 Å². The Bertz CT molecular complexity index is 1240. The van der Waals surface area contributed by atoms with Gasteiger partial charge in [-0.2, -0.15) is 9.78 Å². The van der Waals surface area contributed by atoms with Crippen LogP contribution in [0.2, 0.25) is 0 Å². The number of tetrazole rings is 1. The summed E-state index contributed by atoms with van der Waals surface area (Å²) in [5.41, 5.74) is 5.32. The summed E-state index contributed by atoms with van der Waals surface area (Å²) < 4.78 is 8.63. The lowest BCUT2D eigenvalue weighted by Gasteiger charge is -2.12. The van der Waals surface area contributed by atoms with Crippen LogP contribution in [0.3, 0.4) is 0 Å². The van der Waals surface area contributed by atoms with Crippen molar-refractivity contribution in [1.82, 2.24) is 30.0 Å². The maximum atomic E-state index is 12.7. The zero-order valence-electron chi connectivity index (χ0n) is 18.9. The number of nitrogens with zero attached hydrogens (tertiary/aromatic N) is 6. The molecular weight excluding hydrogens is 438 g/mol. The van der Waals surface area contributed by atoms with E-state index in [1.807, 2.05) is 38.1 Å². The molecule has 33 heavy (non-hydrogen) atoms. The number of benzene rings is 2. The number of carbonyl (C=O) groups is 1. The van der Waals surface area contributed by atoms with E-state index >= 15 is 0 Å². The largest absolute Gasteiger partial charge is 0.497 e. The van der Waals surface area contributed by atoms with Crippen molar-refractivity contribution in [1.29, 1.82) is 0 Å². The minimum atomic E-state index is -0.164. The van der Waals surface area contributed by atoms with Gasteiger partial charge in [-0.05, 0) is 60.0 Å². The summed E-state index contributed by atoms with van der Waals surface area (Å²) in [4.78, 5) is 12.7. The van der Waals surface area contributed by atoms with Gasteiger partial charge in [-0.15, -0.1) is 5.10 Å². The third kappa shape index (κ3) is 5.23. The van der Waals surface area contributed by atoms with Crippen LogP contribution in [0.25, 0.3) is 5.69 Å². The SMILES string of the molecule is COc1ccc(Cn2nccc2NC(=O)CSc2nnnn2-c2c(C)cc(C)cc2C)cc1. The summed E-state index contributed by atoms with van der Waals surface area (Å²) in [5, 5.41) is 19.9. The Kier molecular flexibility index (Phi) is 6.74. The summed E-state index contributed by atoms with van der Waals surface area (Å²) >= 11 is 1.29. The number of carbonyl (C=O) groups excluding carboxylic acids is 1. The molecule has 2 aromatic carbocycles. The highest BCUT2D eigenvalue weighted by Gasteiger charge is 2.16. The second-order valence-electron chi connectivity index (χ2n) is 7.68. The predicted molar refractivity (Wildman–Crippen MR) is 127 cm³/mol. The van der Waals surface area contributed by atoms with Gasteiger partial charge in [-0.3, -0.25) is 4.79 Å². The van der Waals surface area contributed by atoms with Crippen molar-refractivity contribution in [2.45, 2.75) is 32.5 Å². The molecule has 0 bridgehead atoms. The number of aromatic nitrogens is 6. The van der Waals surface area contributed by atoms with E-state index in [4.69, 9.17) is 4.74 Å². The fraction of sp³-hybridized carbons (Fsp3) is 0.261. The molecule has 1 amide bonds. The molecule has 9 nitrogen and oxygen atoms in total. The van der Waals surface area contributed by atoms with Gasteiger partial charge < -0.3 is 10.1 Å². The number of methoxy groups -OCH3 is 1. The Morgan fingerprint density at radius 2 is 1.82 bits per heavy atom. The number of nitrogens with one attached hydrogen (secondary N) is 1. The zero-order chi connectivity index (χ0) is 23.4. The molecule has 4 rings (SSSR count). The molecule has 0 aliphatic carbocycles. The Morgan fingerprint density at radius 3 is 2.52 bits per heavy atom. The van der Waals surface area contributed by atoms with Crippen molar-refractivity contribution in [3.8, 4) is 11.4 Å². The predicted octanol–water partition coefficient (Wildman–Crippen LogP) is 3.57. The van der Waals surface area contributed by atoms with E-state index in [1.54, 1.807) is 28.7 Å². The van der Waals surface area contributed by atoms with Crippen LogP contribution in [-0.2, 0) is 11.3 Å². The highest BCUT2D eigenvalue weighted by molar-refractivity contribution is 7.99. The topological polar surface area (TPSA) is 99.8 Å². The Morgan fingerprint density at radius 1 is 1.09 bits per heavy atom. The van der Waals surface area contributed by atoms with Gasteiger partial charge in [0.1, 0.15) is 11.6 Å². The quantitative estimate of drug-likeness (QED) is 0.399. The summed E-state index contributed by atoms with van der Waals surface area (Å²) in [5.74, 6) is 1.42. The van der Waals surface area contributed by atoms with Gasteiger partial charge >= 0.3 is 0 Å². The first-order valence-electron chi connectivity index (χ1n) is 10.4. The number of aryl methyl sites for hydroxylation is 3. The molecule has 0 aliphatic rings. The number of amides is 1. The standard InChI is InChI=1S/C23H25N7O2S/c1-15-11-16(2)22(17(3)12-15)30-23(26-27-28-30)33-14-21(31)25-20-9-10-24-29(20)13-18-5-7-19(32-4)8-6-18/h5-12H,13-14H2,1-4H3,(H,25,31). The average Bonchev–Trinajstić information content (AvgIpc) is 3.42. The van der Waals surface area contributed by atoms with E-state index in [1.165, 1.54) is 17.3 Å². The van der Waals surface area contributed by atoms with Crippen molar-refractivity contribution in [3.05, 3.63) is 70.9 Å². The summed E-state index contributed by atoms with van der Waals surface area (Å²) in [7, 11) is 1.63. The molecule has 0 atom stereocenters. The molecule has 0 unspecified atom stereocenters. The third-order valence-corrected chi connectivity index (χ3v) is 6.02. The number of hydrogen-bond donors (Lipinski definition) is 1. The first kappa shape index (κ1) is 22.5. The van der Waals surface area contributed by atoms with Crippen LogP contribution in [0.5, 0.6) is 5.75 Å². The van der Waals surface area contributed by atoms with Crippen molar-refractivity contribution < 1.29 is 9.53 Å². The van der Waals surface area contributed by atoms with Crippen LogP contribution in [-0.4, -0.2) is 48.8 Å². The molecule has 2 heterocycles. The Balaban J connectivity index is 1.41. The van der Waals surface area contributed by atoms with Gasteiger partial charge in [0.25, 0.3) is 0 Å². The van der Waals surface area contributed by atoms with Crippen LogP contribution in [0.4, 0.5) is 5.82 Å². The number of rotatable bonds is 8. The molecule has 2 aromatic heterocycles. The second-order valence-corrected chi connectivity index (χ2v) is 8.62. The highest BCUT2D eigenvalue weighted by atomic mass is 32.2.